The van der Waals surface area contributed by atoms with Crippen molar-refractivity contribution in [2.45, 2.75) is 40.7 Å². The molecule has 1 N–H and O–H groups in total. The number of carbonyl (C=O) groups excluding carboxylic acids is 1. The summed E-state index contributed by atoms with van der Waals surface area (Å²) in [6, 6.07) is 16.4. The molecule has 0 saturated heterocycles. The first-order chi connectivity index (χ1) is 14.4. The zero-order valence-corrected chi connectivity index (χ0v) is 17.7. The van der Waals surface area contributed by atoms with E-state index in [1.165, 1.54) is 10.8 Å². The normalized spacial score (nSPS) is 11.1. The van der Waals surface area contributed by atoms with Crippen LogP contribution >= 0.6 is 0 Å². The van der Waals surface area contributed by atoms with Crippen LogP contribution in [0.15, 0.2) is 48.5 Å². The van der Waals surface area contributed by atoms with Gasteiger partial charge in [-0.1, -0.05) is 36.4 Å². The molecule has 6 nitrogen and oxygen atoms in total. The first-order valence-electron chi connectivity index (χ1n) is 10.0. The Kier molecular flexibility index (Phi) is 5.31. The highest BCUT2D eigenvalue weighted by Crippen LogP contribution is 2.18. The van der Waals surface area contributed by atoms with Crippen molar-refractivity contribution in [2.75, 3.05) is 0 Å². The maximum Gasteiger partial charge on any atom is 0.251 e. The van der Waals surface area contributed by atoms with Crippen LogP contribution in [0.5, 0.6) is 0 Å². The molecular formula is C24H25N5O. The van der Waals surface area contributed by atoms with Gasteiger partial charge in [0.25, 0.3) is 5.95 Å². The van der Waals surface area contributed by atoms with E-state index in [1.54, 1.807) is 4.68 Å². The van der Waals surface area contributed by atoms with Gasteiger partial charge in [0.15, 0.2) is 0 Å². The van der Waals surface area contributed by atoms with E-state index in [9.17, 15) is 4.79 Å². The molecule has 30 heavy (non-hydrogen) atoms. The smallest absolute Gasteiger partial charge is 0.251 e. The molecule has 4 aromatic rings. The molecule has 1 amide bonds. The van der Waals surface area contributed by atoms with Crippen LogP contribution < -0.4 is 5.32 Å². The zero-order valence-electron chi connectivity index (χ0n) is 17.7. The van der Waals surface area contributed by atoms with E-state index in [4.69, 9.17) is 0 Å². The van der Waals surface area contributed by atoms with Gasteiger partial charge in [0.2, 0.25) is 5.91 Å². The van der Waals surface area contributed by atoms with Crippen molar-refractivity contribution >= 4 is 16.7 Å². The Labute approximate surface area is 176 Å². The van der Waals surface area contributed by atoms with E-state index >= 15 is 0 Å². The molecule has 0 fully saturated rings. The fourth-order valence-corrected chi connectivity index (χ4v) is 3.70. The molecular weight excluding hydrogens is 374 g/mol. The summed E-state index contributed by atoms with van der Waals surface area (Å²) in [5.74, 6) is 0.506. The maximum absolute atomic E-state index is 12.6. The quantitative estimate of drug-likeness (QED) is 0.552. The predicted molar refractivity (Wildman–Crippen MR) is 118 cm³/mol. The van der Waals surface area contributed by atoms with Crippen molar-refractivity contribution in [3.8, 4) is 5.95 Å². The summed E-state index contributed by atoms with van der Waals surface area (Å²) in [6.07, 6.45) is 0.274. The van der Waals surface area contributed by atoms with Crippen LogP contribution in [0, 0.1) is 27.7 Å². The topological polar surface area (TPSA) is 72.7 Å². The maximum atomic E-state index is 12.6. The number of aryl methyl sites for hydroxylation is 3. The van der Waals surface area contributed by atoms with Crippen molar-refractivity contribution in [1.29, 1.82) is 0 Å². The minimum Gasteiger partial charge on any atom is -0.352 e. The summed E-state index contributed by atoms with van der Waals surface area (Å²) >= 11 is 0. The lowest BCUT2D eigenvalue weighted by Crippen LogP contribution is -2.25. The van der Waals surface area contributed by atoms with Gasteiger partial charge >= 0.3 is 0 Å². The molecule has 4 rings (SSSR count). The Morgan fingerprint density at radius 2 is 1.63 bits per heavy atom. The molecule has 152 valence electrons. The molecule has 6 heteroatoms. The van der Waals surface area contributed by atoms with Gasteiger partial charge < -0.3 is 5.32 Å². The molecule has 0 aliphatic carbocycles. The Balaban J connectivity index is 1.48. The number of nitrogens with one attached hydrogen (secondary N) is 1. The number of carbonyl (C=O) groups is 1. The second-order valence-electron chi connectivity index (χ2n) is 7.65. The van der Waals surface area contributed by atoms with Gasteiger partial charge in [-0.15, -0.1) is 0 Å². The van der Waals surface area contributed by atoms with Crippen molar-refractivity contribution in [3.63, 3.8) is 0 Å². The second-order valence-corrected chi connectivity index (χ2v) is 7.65. The molecule has 2 aromatic carbocycles. The number of hydrogen-bond acceptors (Lipinski definition) is 4. The minimum atomic E-state index is -0.0322. The largest absolute Gasteiger partial charge is 0.352 e. The lowest BCUT2D eigenvalue weighted by atomic mass is 10.1. The third-order valence-electron chi connectivity index (χ3n) is 5.24. The zero-order chi connectivity index (χ0) is 21.3. The molecule has 2 aromatic heterocycles. The first-order valence-corrected chi connectivity index (χ1v) is 10.0. The number of amides is 1. The summed E-state index contributed by atoms with van der Waals surface area (Å²) in [5.41, 5.74) is 5.47. The van der Waals surface area contributed by atoms with Crippen LogP contribution in [0.25, 0.3) is 16.7 Å². The molecule has 0 atom stereocenters. The summed E-state index contributed by atoms with van der Waals surface area (Å²) in [4.78, 5) is 21.6. The highest BCUT2D eigenvalue weighted by molar-refractivity contribution is 5.83. The van der Waals surface area contributed by atoms with Crippen LogP contribution in [0.3, 0.4) is 0 Å². The van der Waals surface area contributed by atoms with Crippen molar-refractivity contribution in [1.82, 2.24) is 25.1 Å². The average molecular weight is 399 g/mol. The molecule has 0 saturated carbocycles. The fraction of sp³-hybridized carbons (Fsp3) is 0.250. The van der Waals surface area contributed by atoms with E-state index in [0.717, 1.165) is 33.9 Å². The van der Waals surface area contributed by atoms with E-state index in [-0.39, 0.29) is 12.3 Å². The first kappa shape index (κ1) is 19.8. The Morgan fingerprint density at radius 1 is 0.933 bits per heavy atom. The number of aromatic nitrogens is 4. The SMILES string of the molecule is Cc1cc(C)nc(-n2nc(C)c(CC(=O)NCc3ccc4ccccc4c3)c2C)n1. The van der Waals surface area contributed by atoms with E-state index in [0.29, 0.717) is 12.5 Å². The minimum absolute atomic E-state index is 0.0322. The number of nitrogens with zero attached hydrogens (tertiary/aromatic N) is 4. The number of hydrogen-bond donors (Lipinski definition) is 1. The summed E-state index contributed by atoms with van der Waals surface area (Å²) in [5, 5.41) is 9.97. The lowest BCUT2D eigenvalue weighted by Gasteiger charge is -2.08. The number of rotatable bonds is 5. The molecule has 0 radical (unpaired) electrons. The van der Waals surface area contributed by atoms with Gasteiger partial charge in [0, 0.05) is 29.2 Å². The van der Waals surface area contributed by atoms with Crippen LogP contribution in [-0.4, -0.2) is 25.7 Å². The molecule has 2 heterocycles. The van der Waals surface area contributed by atoms with E-state index in [2.05, 4.69) is 50.7 Å². The lowest BCUT2D eigenvalue weighted by molar-refractivity contribution is -0.120. The van der Waals surface area contributed by atoms with Crippen LogP contribution in [0.1, 0.15) is 33.9 Å². The van der Waals surface area contributed by atoms with E-state index in [1.807, 2.05) is 45.9 Å². The van der Waals surface area contributed by atoms with Crippen molar-refractivity contribution in [3.05, 3.63) is 82.4 Å². The summed E-state index contributed by atoms with van der Waals surface area (Å²) in [6.45, 7) is 8.23. The Bertz CT molecular complexity index is 1220. The molecule has 0 aliphatic rings. The van der Waals surface area contributed by atoms with Gasteiger partial charge in [-0.3, -0.25) is 4.79 Å². The summed E-state index contributed by atoms with van der Waals surface area (Å²) < 4.78 is 1.72. The van der Waals surface area contributed by atoms with Crippen molar-refractivity contribution in [2.24, 2.45) is 0 Å². The molecule has 0 unspecified atom stereocenters. The summed E-state index contributed by atoms with van der Waals surface area (Å²) in [7, 11) is 0. The van der Waals surface area contributed by atoms with Crippen LogP contribution in [0.2, 0.25) is 0 Å². The Hall–Kier alpha value is -3.54. The number of fused-ring (bicyclic) bond motifs is 1. The molecule has 0 aliphatic heterocycles. The highest BCUT2D eigenvalue weighted by Gasteiger charge is 2.17. The van der Waals surface area contributed by atoms with Gasteiger partial charge in [-0.25, -0.2) is 14.6 Å². The molecule has 0 bridgehead atoms. The Morgan fingerprint density at radius 3 is 2.37 bits per heavy atom. The standard InChI is InChI=1S/C24H25N5O/c1-15-11-16(2)27-24(26-15)29-18(4)22(17(3)28-29)13-23(30)25-14-19-9-10-20-7-5-6-8-21(20)12-19/h5-12H,13-14H2,1-4H3,(H,25,30). The van der Waals surface area contributed by atoms with Gasteiger partial charge in [0.1, 0.15) is 0 Å². The third kappa shape index (κ3) is 4.08. The number of benzene rings is 2. The fourth-order valence-electron chi connectivity index (χ4n) is 3.70. The van der Waals surface area contributed by atoms with Crippen molar-refractivity contribution < 1.29 is 4.79 Å². The van der Waals surface area contributed by atoms with Gasteiger partial charge in [-0.05, 0) is 56.2 Å². The average Bonchev–Trinajstić information content (AvgIpc) is 2.99. The van der Waals surface area contributed by atoms with Gasteiger partial charge in [0.05, 0.1) is 12.1 Å². The molecule has 0 spiro atoms. The highest BCUT2D eigenvalue weighted by atomic mass is 16.1. The van der Waals surface area contributed by atoms with Gasteiger partial charge in [-0.2, -0.15) is 5.10 Å². The monoisotopic (exact) mass is 399 g/mol. The third-order valence-corrected chi connectivity index (χ3v) is 5.24. The van der Waals surface area contributed by atoms with Crippen LogP contribution in [0.4, 0.5) is 0 Å². The predicted octanol–water partition coefficient (Wildman–Crippen LogP) is 3.91. The van der Waals surface area contributed by atoms with E-state index < -0.39 is 0 Å². The second kappa shape index (κ2) is 8.06. The van der Waals surface area contributed by atoms with Crippen LogP contribution in [-0.2, 0) is 17.8 Å².